The van der Waals surface area contributed by atoms with Crippen molar-refractivity contribution in [2.24, 2.45) is 17.3 Å². The van der Waals surface area contributed by atoms with Gasteiger partial charge in [0.2, 0.25) is 5.91 Å². The van der Waals surface area contributed by atoms with Gasteiger partial charge in [-0.1, -0.05) is 25.5 Å². The Hall–Kier alpha value is -2.94. The summed E-state index contributed by atoms with van der Waals surface area (Å²) in [5.41, 5.74) is 1.39. The fourth-order valence-electron chi connectivity index (χ4n) is 8.21. The minimum absolute atomic E-state index is 0.119. The third-order valence-corrected chi connectivity index (χ3v) is 10.2. The number of carbonyl (C=O) groups is 2. The van der Waals surface area contributed by atoms with E-state index in [1.807, 2.05) is 12.1 Å². The zero-order valence-corrected chi connectivity index (χ0v) is 22.8. The van der Waals surface area contributed by atoms with Gasteiger partial charge >= 0.3 is 12.1 Å². The van der Waals surface area contributed by atoms with E-state index in [0.717, 1.165) is 63.4 Å². The lowest BCUT2D eigenvalue weighted by molar-refractivity contribution is -0.144. The molecular formula is C31H36F3N3O3. The molecule has 5 atom stereocenters. The number of carboxylic acids is 1. The number of pyridine rings is 1. The summed E-state index contributed by atoms with van der Waals surface area (Å²) in [7, 11) is 0. The standard InChI is InChI=1S/C31H36F3N3O3/c1-19-17-36(10-7-26(19)20-4-2-5-21(12-20)28(38)39)25-14-23-6-3-9-30(23,15-25)29(40)37-11-8-27-22(18-37)13-24(16-35-27)31(32,33)34/h2,4-5,12-13,16,19,23,25-26H,3,6-11,14-15,17-18H2,1H3,(H,38,39)/t19?,23?,25-,26-,30?/m0/s1. The van der Waals surface area contributed by atoms with Crippen LogP contribution in [0.4, 0.5) is 13.2 Å². The Morgan fingerprint density at radius 2 is 1.98 bits per heavy atom. The second-order valence-corrected chi connectivity index (χ2v) is 12.4. The van der Waals surface area contributed by atoms with Crippen LogP contribution in [-0.4, -0.2) is 57.4 Å². The Kier molecular flexibility index (Phi) is 6.92. The first kappa shape index (κ1) is 27.2. The van der Waals surface area contributed by atoms with Gasteiger partial charge in [-0.2, -0.15) is 13.2 Å². The van der Waals surface area contributed by atoms with Crippen molar-refractivity contribution in [2.45, 2.75) is 76.6 Å². The Morgan fingerprint density at radius 1 is 1.15 bits per heavy atom. The molecule has 1 aromatic heterocycles. The Labute approximate surface area is 232 Å². The molecule has 2 saturated carbocycles. The van der Waals surface area contributed by atoms with Gasteiger partial charge in [0.15, 0.2) is 0 Å². The molecule has 6 rings (SSSR count). The van der Waals surface area contributed by atoms with Crippen LogP contribution in [0.3, 0.4) is 0 Å². The maximum atomic E-state index is 14.1. The summed E-state index contributed by atoms with van der Waals surface area (Å²) >= 11 is 0. The molecule has 3 heterocycles. The van der Waals surface area contributed by atoms with Crippen molar-refractivity contribution in [1.82, 2.24) is 14.8 Å². The molecule has 2 aliphatic heterocycles. The van der Waals surface area contributed by atoms with Crippen molar-refractivity contribution in [1.29, 1.82) is 0 Å². The number of hydrogen-bond acceptors (Lipinski definition) is 4. The molecule has 6 nitrogen and oxygen atoms in total. The van der Waals surface area contributed by atoms with Crippen LogP contribution in [0.1, 0.15) is 84.1 Å². The second kappa shape index (κ2) is 10.2. The van der Waals surface area contributed by atoms with Crippen molar-refractivity contribution in [3.05, 3.63) is 64.5 Å². The quantitative estimate of drug-likeness (QED) is 0.520. The monoisotopic (exact) mass is 555 g/mol. The maximum absolute atomic E-state index is 14.1. The number of carboxylic acid groups (broad SMARTS) is 1. The number of hydrogen-bond donors (Lipinski definition) is 1. The number of rotatable bonds is 4. The van der Waals surface area contributed by atoms with Gasteiger partial charge in [-0.3, -0.25) is 9.78 Å². The van der Waals surface area contributed by atoms with Gasteiger partial charge in [0, 0.05) is 44.0 Å². The SMILES string of the molecule is CC1CN([C@H]2CC3CCCC3(C(=O)N3CCc4ncc(C(F)(F)F)cc4C3)C2)CC[C@@H]1c1cccc(C(=O)O)c1. The zero-order chi connectivity index (χ0) is 28.2. The van der Waals surface area contributed by atoms with Crippen LogP contribution in [0.5, 0.6) is 0 Å². The highest BCUT2D eigenvalue weighted by molar-refractivity contribution is 5.87. The number of amides is 1. The van der Waals surface area contributed by atoms with E-state index in [-0.39, 0.29) is 12.5 Å². The van der Waals surface area contributed by atoms with Crippen LogP contribution < -0.4 is 0 Å². The summed E-state index contributed by atoms with van der Waals surface area (Å²) in [6.45, 7) is 4.75. The molecule has 0 spiro atoms. The molecule has 3 fully saturated rings. The Balaban J connectivity index is 1.15. The van der Waals surface area contributed by atoms with E-state index in [1.54, 1.807) is 17.0 Å². The predicted octanol–water partition coefficient (Wildman–Crippen LogP) is 5.76. The molecule has 4 aliphatic rings. The fourth-order valence-corrected chi connectivity index (χ4v) is 8.21. The molecule has 1 aromatic carbocycles. The smallest absolute Gasteiger partial charge is 0.417 e. The van der Waals surface area contributed by atoms with Gasteiger partial charge in [-0.25, -0.2) is 4.79 Å². The number of alkyl halides is 3. The summed E-state index contributed by atoms with van der Waals surface area (Å²) in [6, 6.07) is 8.77. The van der Waals surface area contributed by atoms with Gasteiger partial charge in [0.05, 0.1) is 16.5 Å². The van der Waals surface area contributed by atoms with Crippen molar-refractivity contribution >= 4 is 11.9 Å². The molecular weight excluding hydrogens is 519 g/mol. The summed E-state index contributed by atoms with van der Waals surface area (Å²) in [5.74, 6) is 0.184. The van der Waals surface area contributed by atoms with E-state index in [1.165, 1.54) is 6.07 Å². The zero-order valence-electron chi connectivity index (χ0n) is 22.8. The minimum atomic E-state index is -4.45. The van der Waals surface area contributed by atoms with Crippen LogP contribution >= 0.6 is 0 Å². The number of aromatic nitrogens is 1. The summed E-state index contributed by atoms with van der Waals surface area (Å²) in [6.07, 6.45) is 2.58. The van der Waals surface area contributed by atoms with E-state index < -0.39 is 23.1 Å². The molecule has 1 amide bonds. The molecule has 214 valence electrons. The van der Waals surface area contributed by atoms with E-state index in [2.05, 4.69) is 16.8 Å². The number of aromatic carboxylic acids is 1. The first-order valence-electron chi connectivity index (χ1n) is 14.5. The highest BCUT2D eigenvalue weighted by Gasteiger charge is 2.57. The van der Waals surface area contributed by atoms with Gasteiger partial charge in [-0.15, -0.1) is 0 Å². The molecule has 1 N–H and O–H groups in total. The van der Waals surface area contributed by atoms with Gasteiger partial charge in [-0.05, 0) is 85.7 Å². The fraction of sp³-hybridized carbons (Fsp3) is 0.581. The summed E-state index contributed by atoms with van der Waals surface area (Å²) < 4.78 is 39.9. The van der Waals surface area contributed by atoms with Crippen molar-refractivity contribution < 1.29 is 27.9 Å². The highest BCUT2D eigenvalue weighted by Crippen LogP contribution is 2.57. The first-order valence-corrected chi connectivity index (χ1v) is 14.5. The van der Waals surface area contributed by atoms with Crippen molar-refractivity contribution in [3.8, 4) is 0 Å². The lowest BCUT2D eigenvalue weighted by Crippen LogP contribution is -2.48. The van der Waals surface area contributed by atoms with Crippen LogP contribution in [0.15, 0.2) is 36.5 Å². The molecule has 2 aliphatic carbocycles. The molecule has 3 unspecified atom stereocenters. The van der Waals surface area contributed by atoms with E-state index in [4.69, 9.17) is 0 Å². The van der Waals surface area contributed by atoms with Gasteiger partial charge < -0.3 is 14.9 Å². The van der Waals surface area contributed by atoms with Crippen LogP contribution in [-0.2, 0) is 23.9 Å². The normalized spacial score (nSPS) is 30.6. The molecule has 40 heavy (non-hydrogen) atoms. The Bertz CT molecular complexity index is 1310. The number of piperidine rings is 1. The summed E-state index contributed by atoms with van der Waals surface area (Å²) in [4.78, 5) is 34.0. The lowest BCUT2D eigenvalue weighted by atomic mass is 9.78. The number of nitrogens with zero attached hydrogens (tertiary/aromatic N) is 3. The van der Waals surface area contributed by atoms with E-state index >= 15 is 0 Å². The minimum Gasteiger partial charge on any atom is -0.478 e. The number of benzene rings is 1. The third kappa shape index (κ3) is 4.80. The topological polar surface area (TPSA) is 73.7 Å². The largest absolute Gasteiger partial charge is 0.478 e. The highest BCUT2D eigenvalue weighted by atomic mass is 19.4. The molecule has 0 radical (unpaired) electrons. The molecule has 9 heteroatoms. The van der Waals surface area contributed by atoms with Crippen molar-refractivity contribution in [2.75, 3.05) is 19.6 Å². The summed E-state index contributed by atoms with van der Waals surface area (Å²) in [5, 5.41) is 9.41. The molecule has 2 aromatic rings. The maximum Gasteiger partial charge on any atom is 0.417 e. The molecule has 1 saturated heterocycles. The van der Waals surface area contributed by atoms with Crippen LogP contribution in [0.25, 0.3) is 0 Å². The van der Waals surface area contributed by atoms with Crippen molar-refractivity contribution in [3.63, 3.8) is 0 Å². The average Bonchev–Trinajstić information content (AvgIpc) is 3.50. The van der Waals surface area contributed by atoms with Gasteiger partial charge in [0.25, 0.3) is 0 Å². The number of carbonyl (C=O) groups excluding carboxylic acids is 1. The number of halogens is 3. The first-order chi connectivity index (χ1) is 19.0. The van der Waals surface area contributed by atoms with Crippen LogP contribution in [0, 0.1) is 17.3 Å². The predicted molar refractivity (Wildman–Crippen MR) is 143 cm³/mol. The second-order valence-electron chi connectivity index (χ2n) is 12.4. The Morgan fingerprint density at radius 3 is 2.73 bits per heavy atom. The number of likely N-dealkylation sites (tertiary alicyclic amines) is 1. The van der Waals surface area contributed by atoms with Gasteiger partial charge in [0.1, 0.15) is 0 Å². The molecule has 0 bridgehead atoms. The van der Waals surface area contributed by atoms with Crippen LogP contribution in [0.2, 0.25) is 0 Å². The third-order valence-electron chi connectivity index (χ3n) is 10.2. The van der Waals surface area contributed by atoms with E-state index in [9.17, 15) is 27.9 Å². The average molecular weight is 556 g/mol. The van der Waals surface area contributed by atoms with E-state index in [0.29, 0.717) is 53.6 Å². The number of fused-ring (bicyclic) bond motifs is 2. The lowest BCUT2D eigenvalue weighted by Gasteiger charge is -2.41.